The lowest BCUT2D eigenvalue weighted by atomic mass is 10.2. The summed E-state index contributed by atoms with van der Waals surface area (Å²) in [5.74, 6) is 0.0247. The van der Waals surface area contributed by atoms with Gasteiger partial charge in [-0.15, -0.1) is 0 Å². The van der Waals surface area contributed by atoms with Crippen molar-refractivity contribution in [1.29, 1.82) is 0 Å². The molecular formula is C14H12FNO4. The smallest absolute Gasteiger partial charge is 0.311 e. The Hall–Kier alpha value is -2.63. The number of rotatable bonds is 5. The minimum Gasteiger partial charge on any atom is -0.497 e. The van der Waals surface area contributed by atoms with E-state index < -0.39 is 10.7 Å². The third kappa shape index (κ3) is 3.23. The third-order valence-electron chi connectivity index (χ3n) is 2.67. The predicted molar refractivity (Wildman–Crippen MR) is 70.4 cm³/mol. The quantitative estimate of drug-likeness (QED) is 0.621. The van der Waals surface area contributed by atoms with Crippen molar-refractivity contribution in [1.82, 2.24) is 0 Å². The van der Waals surface area contributed by atoms with Crippen LogP contribution in [0.25, 0.3) is 0 Å². The molecule has 0 saturated heterocycles. The Labute approximate surface area is 114 Å². The van der Waals surface area contributed by atoms with E-state index >= 15 is 0 Å². The van der Waals surface area contributed by atoms with E-state index in [2.05, 4.69) is 0 Å². The van der Waals surface area contributed by atoms with Crippen molar-refractivity contribution in [3.63, 3.8) is 0 Å². The van der Waals surface area contributed by atoms with E-state index in [1.165, 1.54) is 0 Å². The van der Waals surface area contributed by atoms with Crippen LogP contribution in [0, 0.1) is 15.9 Å². The molecule has 0 aliphatic carbocycles. The fourth-order valence-corrected chi connectivity index (χ4v) is 1.64. The Bertz CT molecular complexity index is 613. The van der Waals surface area contributed by atoms with Gasteiger partial charge in [-0.1, -0.05) is 12.1 Å². The van der Waals surface area contributed by atoms with E-state index in [9.17, 15) is 14.5 Å². The summed E-state index contributed by atoms with van der Waals surface area (Å²) >= 11 is 0. The molecule has 0 aromatic heterocycles. The number of nitro benzene ring substituents is 1. The van der Waals surface area contributed by atoms with Gasteiger partial charge in [-0.2, -0.15) is 0 Å². The number of benzene rings is 2. The fourth-order valence-electron chi connectivity index (χ4n) is 1.64. The minimum atomic E-state index is -0.608. The first kappa shape index (κ1) is 13.8. The molecule has 0 aliphatic rings. The zero-order valence-electron chi connectivity index (χ0n) is 10.7. The average molecular weight is 277 g/mol. The first-order valence-corrected chi connectivity index (χ1v) is 5.80. The highest BCUT2D eigenvalue weighted by Gasteiger charge is 2.15. The van der Waals surface area contributed by atoms with Gasteiger partial charge in [-0.3, -0.25) is 10.1 Å². The van der Waals surface area contributed by atoms with Gasteiger partial charge in [-0.25, -0.2) is 4.39 Å². The predicted octanol–water partition coefficient (Wildman–Crippen LogP) is 3.32. The van der Waals surface area contributed by atoms with E-state index in [0.29, 0.717) is 5.75 Å². The Morgan fingerprint density at radius 1 is 1.20 bits per heavy atom. The van der Waals surface area contributed by atoms with Gasteiger partial charge in [0.15, 0.2) is 5.75 Å². The number of ether oxygens (including phenoxy) is 2. The van der Waals surface area contributed by atoms with Crippen LogP contribution in [-0.2, 0) is 6.61 Å². The number of methoxy groups -OCH3 is 1. The maximum Gasteiger partial charge on any atom is 0.311 e. The molecule has 0 fully saturated rings. The maximum absolute atomic E-state index is 13.1. The highest BCUT2D eigenvalue weighted by atomic mass is 19.1. The maximum atomic E-state index is 13.1. The second-order valence-corrected chi connectivity index (χ2v) is 4.01. The topological polar surface area (TPSA) is 61.6 Å². The molecule has 0 unspecified atom stereocenters. The van der Waals surface area contributed by atoms with Crippen molar-refractivity contribution in [3.05, 3.63) is 64.0 Å². The third-order valence-corrected chi connectivity index (χ3v) is 2.67. The minimum absolute atomic E-state index is 0.0918. The summed E-state index contributed by atoms with van der Waals surface area (Å²) in [5, 5.41) is 10.8. The van der Waals surface area contributed by atoms with Gasteiger partial charge in [0.1, 0.15) is 18.2 Å². The van der Waals surface area contributed by atoms with Crippen molar-refractivity contribution in [2.24, 2.45) is 0 Å². The molecule has 5 nitrogen and oxygen atoms in total. The number of nitro groups is 1. The molecule has 0 heterocycles. The molecule has 2 aromatic carbocycles. The van der Waals surface area contributed by atoms with Gasteiger partial charge in [0.2, 0.25) is 0 Å². The van der Waals surface area contributed by atoms with Crippen molar-refractivity contribution < 1.29 is 18.8 Å². The van der Waals surface area contributed by atoms with E-state index in [1.807, 2.05) is 0 Å². The number of hydrogen-bond acceptors (Lipinski definition) is 4. The first-order valence-electron chi connectivity index (χ1n) is 5.80. The molecule has 0 saturated carbocycles. The van der Waals surface area contributed by atoms with Crippen LogP contribution in [-0.4, -0.2) is 12.0 Å². The summed E-state index contributed by atoms with van der Waals surface area (Å²) < 4.78 is 23.5. The Balaban J connectivity index is 2.13. The molecule has 2 aromatic rings. The Morgan fingerprint density at radius 2 is 1.90 bits per heavy atom. The van der Waals surface area contributed by atoms with Crippen LogP contribution in [0.2, 0.25) is 0 Å². The summed E-state index contributed by atoms with van der Waals surface area (Å²) in [6, 6.07) is 10.1. The second-order valence-electron chi connectivity index (χ2n) is 4.01. The standard InChI is InChI=1S/C14H12FNO4/c1-19-12-5-2-10(3-6-12)9-20-14-8-11(15)4-7-13(14)16(17)18/h2-8H,9H2,1H3. The van der Waals surface area contributed by atoms with Gasteiger partial charge in [0.05, 0.1) is 12.0 Å². The van der Waals surface area contributed by atoms with Crippen LogP contribution in [0.15, 0.2) is 42.5 Å². The zero-order chi connectivity index (χ0) is 14.5. The highest BCUT2D eigenvalue weighted by molar-refractivity contribution is 5.46. The van der Waals surface area contributed by atoms with Crippen molar-refractivity contribution in [2.75, 3.05) is 7.11 Å². The largest absolute Gasteiger partial charge is 0.497 e. The van der Waals surface area contributed by atoms with Crippen molar-refractivity contribution >= 4 is 5.69 Å². The van der Waals surface area contributed by atoms with E-state index in [0.717, 1.165) is 23.8 Å². The molecule has 0 spiro atoms. The first-order chi connectivity index (χ1) is 9.60. The molecule has 2 rings (SSSR count). The summed E-state index contributed by atoms with van der Waals surface area (Å²) in [7, 11) is 1.56. The van der Waals surface area contributed by atoms with Crippen LogP contribution < -0.4 is 9.47 Å². The molecule has 104 valence electrons. The molecular weight excluding hydrogens is 265 g/mol. The van der Waals surface area contributed by atoms with Gasteiger partial charge in [-0.05, 0) is 23.8 Å². The highest BCUT2D eigenvalue weighted by Crippen LogP contribution is 2.28. The molecule has 0 bridgehead atoms. The van der Waals surface area contributed by atoms with Crippen LogP contribution >= 0.6 is 0 Å². The summed E-state index contributed by atoms with van der Waals surface area (Å²) in [4.78, 5) is 10.2. The molecule has 20 heavy (non-hydrogen) atoms. The summed E-state index contributed by atoms with van der Waals surface area (Å²) in [6.07, 6.45) is 0. The van der Waals surface area contributed by atoms with Crippen LogP contribution in [0.1, 0.15) is 5.56 Å². The van der Waals surface area contributed by atoms with Gasteiger partial charge in [0.25, 0.3) is 0 Å². The van der Waals surface area contributed by atoms with Crippen molar-refractivity contribution in [3.8, 4) is 11.5 Å². The lowest BCUT2D eigenvalue weighted by Gasteiger charge is -2.07. The Kier molecular flexibility index (Phi) is 4.14. The number of hydrogen-bond donors (Lipinski definition) is 0. The van der Waals surface area contributed by atoms with E-state index in [-0.39, 0.29) is 18.0 Å². The molecule has 0 N–H and O–H groups in total. The lowest BCUT2D eigenvalue weighted by Crippen LogP contribution is -1.99. The van der Waals surface area contributed by atoms with Gasteiger partial charge < -0.3 is 9.47 Å². The Morgan fingerprint density at radius 3 is 2.50 bits per heavy atom. The summed E-state index contributed by atoms with van der Waals surface area (Å²) in [5.41, 5.74) is 0.532. The van der Waals surface area contributed by atoms with Crippen LogP contribution in [0.5, 0.6) is 11.5 Å². The summed E-state index contributed by atoms with van der Waals surface area (Å²) in [6.45, 7) is 0.105. The molecule has 0 amide bonds. The van der Waals surface area contributed by atoms with Crippen LogP contribution in [0.4, 0.5) is 10.1 Å². The SMILES string of the molecule is COc1ccc(COc2cc(F)ccc2[N+](=O)[O-])cc1. The number of nitrogens with zero attached hydrogens (tertiary/aromatic N) is 1. The zero-order valence-corrected chi connectivity index (χ0v) is 10.7. The van der Waals surface area contributed by atoms with Crippen molar-refractivity contribution in [2.45, 2.75) is 6.61 Å². The molecule has 0 radical (unpaired) electrons. The normalized spacial score (nSPS) is 10.1. The molecule has 6 heteroatoms. The molecule has 0 aliphatic heterocycles. The fraction of sp³-hybridized carbons (Fsp3) is 0.143. The number of halogens is 1. The van der Waals surface area contributed by atoms with Gasteiger partial charge in [0, 0.05) is 12.1 Å². The average Bonchev–Trinajstić information content (AvgIpc) is 2.45. The lowest BCUT2D eigenvalue weighted by molar-refractivity contribution is -0.386. The second kappa shape index (κ2) is 6.01. The van der Waals surface area contributed by atoms with E-state index in [1.54, 1.807) is 31.4 Å². The molecule has 0 atom stereocenters. The monoisotopic (exact) mass is 277 g/mol. The van der Waals surface area contributed by atoms with Gasteiger partial charge >= 0.3 is 5.69 Å². The van der Waals surface area contributed by atoms with Crippen LogP contribution in [0.3, 0.4) is 0 Å². The van der Waals surface area contributed by atoms with E-state index in [4.69, 9.17) is 9.47 Å².